The molecule has 2 rings (SSSR count). The monoisotopic (exact) mass is 181 g/mol. The molecule has 0 amide bonds. The summed E-state index contributed by atoms with van der Waals surface area (Å²) in [4.78, 5) is 12.7. The molecule has 0 radical (unpaired) electrons. The number of likely N-dealkylation sites (tertiary alicyclic amines) is 1. The molecule has 0 atom stereocenters. The first-order valence-electron chi connectivity index (χ1n) is 5.36. The third kappa shape index (κ3) is 1.78. The number of carbonyl (C=O) groups is 1. The molecule has 2 nitrogen and oxygen atoms in total. The number of rotatable bonds is 2. The van der Waals surface area contributed by atoms with Gasteiger partial charge in [-0.2, -0.15) is 0 Å². The molecule has 0 aromatic carbocycles. The molecule has 13 heavy (non-hydrogen) atoms. The van der Waals surface area contributed by atoms with E-state index in [1.807, 2.05) is 0 Å². The minimum Gasteiger partial charge on any atom is -0.306 e. The summed E-state index contributed by atoms with van der Waals surface area (Å²) < 4.78 is 0. The third-order valence-electron chi connectivity index (χ3n) is 3.92. The number of carbonyl (C=O) groups excluding carboxylic acids is 1. The van der Waals surface area contributed by atoms with Gasteiger partial charge >= 0.3 is 0 Å². The van der Waals surface area contributed by atoms with Crippen LogP contribution in [0, 0.1) is 11.3 Å². The van der Waals surface area contributed by atoms with Gasteiger partial charge in [-0.05, 0) is 57.2 Å². The molecule has 1 aliphatic carbocycles. The van der Waals surface area contributed by atoms with Gasteiger partial charge in [-0.1, -0.05) is 0 Å². The Morgan fingerprint density at radius 3 is 2.54 bits per heavy atom. The van der Waals surface area contributed by atoms with E-state index in [1.165, 1.54) is 38.8 Å². The Bertz CT molecular complexity index is 186. The molecule has 0 N–H and O–H groups in total. The van der Waals surface area contributed by atoms with Crippen molar-refractivity contribution in [3.8, 4) is 0 Å². The van der Waals surface area contributed by atoms with Gasteiger partial charge in [-0.25, -0.2) is 0 Å². The van der Waals surface area contributed by atoms with Gasteiger partial charge in [-0.15, -0.1) is 0 Å². The number of hydrogen-bond acceptors (Lipinski definition) is 2. The fourth-order valence-electron chi connectivity index (χ4n) is 2.97. The van der Waals surface area contributed by atoms with Crippen LogP contribution in [-0.2, 0) is 4.79 Å². The van der Waals surface area contributed by atoms with Gasteiger partial charge in [0.15, 0.2) is 0 Å². The molecular weight excluding hydrogens is 162 g/mol. The maximum absolute atomic E-state index is 10.3. The van der Waals surface area contributed by atoms with Crippen molar-refractivity contribution in [3.63, 3.8) is 0 Å². The summed E-state index contributed by atoms with van der Waals surface area (Å²) in [6.45, 7) is 2.52. The van der Waals surface area contributed by atoms with Crippen molar-refractivity contribution in [1.82, 2.24) is 4.90 Å². The smallest absolute Gasteiger partial charge is 0.120 e. The second-order valence-corrected chi connectivity index (χ2v) is 4.98. The minimum atomic E-state index is 0.653. The molecule has 0 aromatic heterocycles. The largest absolute Gasteiger partial charge is 0.306 e. The quantitative estimate of drug-likeness (QED) is 0.604. The molecular formula is C11H19NO. The molecule has 2 heteroatoms. The highest BCUT2D eigenvalue weighted by Crippen LogP contribution is 2.53. The average molecular weight is 181 g/mol. The predicted molar refractivity (Wildman–Crippen MR) is 52.6 cm³/mol. The zero-order chi connectivity index (χ0) is 9.31. The number of aldehydes is 1. The van der Waals surface area contributed by atoms with Gasteiger partial charge in [0, 0.05) is 6.42 Å². The normalized spacial score (nSPS) is 28.7. The standard InChI is InChI=1S/C11H19NO/c1-12-5-3-11(4-6-12)8-10(9-11)2-7-13/h7,10H,2-6,8-9H2,1H3. The Labute approximate surface area is 80.3 Å². The molecule has 0 unspecified atom stereocenters. The molecule has 1 saturated heterocycles. The summed E-state index contributed by atoms with van der Waals surface area (Å²) >= 11 is 0. The summed E-state index contributed by atoms with van der Waals surface area (Å²) in [5.74, 6) is 0.723. The molecule has 74 valence electrons. The molecule has 2 aliphatic rings. The van der Waals surface area contributed by atoms with Crippen LogP contribution in [0.5, 0.6) is 0 Å². The average Bonchev–Trinajstić information content (AvgIpc) is 2.07. The Morgan fingerprint density at radius 2 is 2.00 bits per heavy atom. The summed E-state index contributed by atoms with van der Waals surface area (Å²) in [5.41, 5.74) is 0.653. The summed E-state index contributed by atoms with van der Waals surface area (Å²) in [6, 6.07) is 0. The summed E-state index contributed by atoms with van der Waals surface area (Å²) in [7, 11) is 2.20. The first-order valence-corrected chi connectivity index (χ1v) is 5.36. The summed E-state index contributed by atoms with van der Waals surface area (Å²) in [5, 5.41) is 0. The van der Waals surface area contributed by atoms with E-state index in [0.29, 0.717) is 5.41 Å². The van der Waals surface area contributed by atoms with Crippen LogP contribution >= 0.6 is 0 Å². The molecule has 2 fully saturated rings. The van der Waals surface area contributed by atoms with Crippen molar-refractivity contribution in [2.45, 2.75) is 32.1 Å². The topological polar surface area (TPSA) is 20.3 Å². The van der Waals surface area contributed by atoms with Crippen LogP contribution < -0.4 is 0 Å². The van der Waals surface area contributed by atoms with Crippen molar-refractivity contribution >= 4 is 6.29 Å². The van der Waals surface area contributed by atoms with Gasteiger partial charge in [0.2, 0.25) is 0 Å². The maximum atomic E-state index is 10.3. The van der Waals surface area contributed by atoms with Crippen molar-refractivity contribution in [2.24, 2.45) is 11.3 Å². The molecule has 1 spiro atoms. The Kier molecular flexibility index (Phi) is 2.41. The number of piperidine rings is 1. The van der Waals surface area contributed by atoms with Crippen molar-refractivity contribution < 1.29 is 4.79 Å². The van der Waals surface area contributed by atoms with Crippen LogP contribution in [0.25, 0.3) is 0 Å². The van der Waals surface area contributed by atoms with Crippen LogP contribution in [0.3, 0.4) is 0 Å². The highest BCUT2D eigenvalue weighted by molar-refractivity contribution is 5.50. The Balaban J connectivity index is 1.79. The first-order chi connectivity index (χ1) is 6.24. The molecule has 1 heterocycles. The van der Waals surface area contributed by atoms with E-state index < -0.39 is 0 Å². The van der Waals surface area contributed by atoms with Crippen LogP contribution in [0.1, 0.15) is 32.1 Å². The molecule has 1 aliphatic heterocycles. The fourth-order valence-corrected chi connectivity index (χ4v) is 2.97. The lowest BCUT2D eigenvalue weighted by Gasteiger charge is -2.51. The van der Waals surface area contributed by atoms with E-state index in [9.17, 15) is 4.79 Å². The van der Waals surface area contributed by atoms with Crippen molar-refractivity contribution in [3.05, 3.63) is 0 Å². The number of hydrogen-bond donors (Lipinski definition) is 0. The third-order valence-corrected chi connectivity index (χ3v) is 3.92. The van der Waals surface area contributed by atoms with Gasteiger partial charge in [-0.3, -0.25) is 0 Å². The highest BCUT2D eigenvalue weighted by Gasteiger charge is 2.44. The lowest BCUT2D eigenvalue weighted by atomic mass is 9.57. The van der Waals surface area contributed by atoms with Crippen LogP contribution in [0.4, 0.5) is 0 Å². The van der Waals surface area contributed by atoms with E-state index in [-0.39, 0.29) is 0 Å². The number of nitrogens with zero attached hydrogens (tertiary/aromatic N) is 1. The molecule has 0 aromatic rings. The van der Waals surface area contributed by atoms with Gasteiger partial charge in [0.25, 0.3) is 0 Å². The lowest BCUT2D eigenvalue weighted by molar-refractivity contribution is -0.111. The fraction of sp³-hybridized carbons (Fsp3) is 0.909. The van der Waals surface area contributed by atoms with E-state index in [2.05, 4.69) is 11.9 Å². The van der Waals surface area contributed by atoms with Crippen LogP contribution in [0.15, 0.2) is 0 Å². The van der Waals surface area contributed by atoms with Crippen LogP contribution in [-0.4, -0.2) is 31.3 Å². The minimum absolute atomic E-state index is 0.653. The Morgan fingerprint density at radius 1 is 1.38 bits per heavy atom. The van der Waals surface area contributed by atoms with E-state index in [4.69, 9.17) is 0 Å². The van der Waals surface area contributed by atoms with E-state index >= 15 is 0 Å². The van der Waals surface area contributed by atoms with Gasteiger partial charge in [0.05, 0.1) is 0 Å². The lowest BCUT2D eigenvalue weighted by Crippen LogP contribution is -2.46. The molecule has 0 bridgehead atoms. The van der Waals surface area contributed by atoms with Crippen molar-refractivity contribution in [1.29, 1.82) is 0 Å². The maximum Gasteiger partial charge on any atom is 0.120 e. The van der Waals surface area contributed by atoms with Gasteiger partial charge < -0.3 is 9.69 Å². The van der Waals surface area contributed by atoms with E-state index in [0.717, 1.165) is 18.6 Å². The SMILES string of the molecule is CN1CCC2(CC1)CC(CC=O)C2. The van der Waals surface area contributed by atoms with Crippen LogP contribution in [0.2, 0.25) is 0 Å². The first kappa shape index (κ1) is 9.20. The zero-order valence-corrected chi connectivity index (χ0v) is 8.46. The second-order valence-electron chi connectivity index (χ2n) is 4.98. The van der Waals surface area contributed by atoms with Crippen molar-refractivity contribution in [2.75, 3.05) is 20.1 Å². The predicted octanol–water partition coefficient (Wildman–Crippen LogP) is 1.70. The zero-order valence-electron chi connectivity index (χ0n) is 8.46. The molecule has 1 saturated carbocycles. The Hall–Kier alpha value is -0.370. The van der Waals surface area contributed by atoms with Gasteiger partial charge in [0.1, 0.15) is 6.29 Å². The van der Waals surface area contributed by atoms with E-state index in [1.54, 1.807) is 0 Å². The highest BCUT2D eigenvalue weighted by atomic mass is 16.1. The second kappa shape index (κ2) is 3.41. The summed E-state index contributed by atoms with van der Waals surface area (Å²) in [6.07, 6.45) is 7.25.